The van der Waals surface area contributed by atoms with Crippen molar-refractivity contribution in [3.05, 3.63) is 34.7 Å². The van der Waals surface area contributed by atoms with Gasteiger partial charge in [-0.3, -0.25) is 14.5 Å². The molecule has 1 amide bonds. The molecule has 0 aliphatic carbocycles. The van der Waals surface area contributed by atoms with Gasteiger partial charge in [0.15, 0.2) is 0 Å². The lowest BCUT2D eigenvalue weighted by molar-refractivity contribution is -0.137. The molecule has 0 atom stereocenters. The fraction of sp³-hybridized carbons (Fsp3) is 0.188. The Bertz CT molecular complexity index is 704. The van der Waals surface area contributed by atoms with Gasteiger partial charge in [0, 0.05) is 6.54 Å². The summed E-state index contributed by atoms with van der Waals surface area (Å²) >= 11 is 6.29. The number of thiocarbonyl (C=S) groups is 1. The number of benzene rings is 1. The van der Waals surface area contributed by atoms with E-state index in [4.69, 9.17) is 28.5 Å². The number of hydrogen-bond acceptors (Lipinski definition) is 5. The number of carbonyl (C=O) groups excluding carboxylic acids is 1. The number of ether oxygens (including phenoxy) is 1. The minimum absolute atomic E-state index is 0.0796. The number of hydrogen-bond donors (Lipinski definition) is 1. The van der Waals surface area contributed by atoms with Gasteiger partial charge >= 0.3 is 5.97 Å². The summed E-state index contributed by atoms with van der Waals surface area (Å²) < 4.78 is 5.65. The lowest BCUT2D eigenvalue weighted by Crippen LogP contribution is -2.30. The average molecular weight is 347 g/mol. The second kappa shape index (κ2) is 7.81. The fourth-order valence-electron chi connectivity index (χ4n) is 1.84. The van der Waals surface area contributed by atoms with Crippen LogP contribution in [-0.4, -0.2) is 39.4 Å². The van der Waals surface area contributed by atoms with Gasteiger partial charge in [-0.25, -0.2) is 0 Å². The van der Waals surface area contributed by atoms with E-state index >= 15 is 0 Å². The Morgan fingerprint density at radius 1 is 1.43 bits per heavy atom. The van der Waals surface area contributed by atoms with E-state index in [0.29, 0.717) is 15.0 Å². The van der Waals surface area contributed by atoms with Crippen LogP contribution in [0.2, 0.25) is 0 Å². The summed E-state index contributed by atoms with van der Waals surface area (Å²) in [5, 5.41) is 8.71. The van der Waals surface area contributed by atoms with Gasteiger partial charge in [-0.15, -0.1) is 6.42 Å². The first-order valence-electron chi connectivity index (χ1n) is 6.64. The van der Waals surface area contributed by atoms with Crippen LogP contribution in [0.5, 0.6) is 5.75 Å². The van der Waals surface area contributed by atoms with E-state index in [1.165, 1.54) is 4.90 Å². The van der Waals surface area contributed by atoms with Gasteiger partial charge < -0.3 is 9.84 Å². The van der Waals surface area contributed by atoms with E-state index in [1.54, 1.807) is 30.3 Å². The van der Waals surface area contributed by atoms with Crippen molar-refractivity contribution in [2.45, 2.75) is 6.42 Å². The summed E-state index contributed by atoms with van der Waals surface area (Å²) in [4.78, 5) is 24.7. The largest absolute Gasteiger partial charge is 0.481 e. The van der Waals surface area contributed by atoms with E-state index in [0.717, 1.165) is 17.3 Å². The molecule has 0 radical (unpaired) electrons. The van der Waals surface area contributed by atoms with Crippen LogP contribution in [-0.2, 0) is 9.59 Å². The number of thioether (sulfide) groups is 1. The Labute approximate surface area is 143 Å². The lowest BCUT2D eigenvalue weighted by atomic mass is 10.2. The van der Waals surface area contributed by atoms with Crippen molar-refractivity contribution < 1.29 is 19.4 Å². The molecule has 23 heavy (non-hydrogen) atoms. The molecule has 1 aromatic carbocycles. The third-order valence-electron chi connectivity index (χ3n) is 2.92. The van der Waals surface area contributed by atoms with Crippen LogP contribution in [0.15, 0.2) is 29.2 Å². The Hall–Kier alpha value is -2.30. The normalized spacial score (nSPS) is 15.8. The molecule has 7 heteroatoms. The zero-order valence-corrected chi connectivity index (χ0v) is 13.7. The lowest BCUT2D eigenvalue weighted by Gasteiger charge is -2.12. The molecule has 0 unspecified atom stereocenters. The minimum atomic E-state index is -0.967. The van der Waals surface area contributed by atoms with Gasteiger partial charge in [0.2, 0.25) is 0 Å². The standard InChI is InChI=1S/C16H13NO4S2/c1-2-9-21-12-5-3-11(4-6-12)10-13-15(20)17(16(22)23-13)8-7-14(18)19/h1,3-6,10H,7-9H2,(H,18,19). The van der Waals surface area contributed by atoms with Crippen LogP contribution in [0, 0.1) is 12.3 Å². The molecule has 1 fully saturated rings. The molecule has 0 bridgehead atoms. The van der Waals surface area contributed by atoms with Gasteiger partial charge in [0.25, 0.3) is 5.91 Å². The van der Waals surface area contributed by atoms with Crippen LogP contribution >= 0.6 is 24.0 Å². The van der Waals surface area contributed by atoms with Crippen LogP contribution in [0.3, 0.4) is 0 Å². The highest BCUT2D eigenvalue weighted by Gasteiger charge is 2.31. The predicted molar refractivity (Wildman–Crippen MR) is 92.9 cm³/mol. The Kier molecular flexibility index (Phi) is 5.79. The quantitative estimate of drug-likeness (QED) is 0.484. The molecule has 1 N–H and O–H groups in total. The maximum absolute atomic E-state index is 12.3. The van der Waals surface area contributed by atoms with Gasteiger partial charge in [0.1, 0.15) is 16.7 Å². The molecule has 0 aromatic heterocycles. The number of aliphatic carboxylic acids is 1. The van der Waals surface area contributed by atoms with Gasteiger partial charge in [-0.2, -0.15) is 0 Å². The Morgan fingerprint density at radius 3 is 2.74 bits per heavy atom. The summed E-state index contributed by atoms with van der Waals surface area (Å²) in [6.07, 6.45) is 6.70. The molecule has 1 aromatic rings. The molecule has 2 rings (SSSR count). The van der Waals surface area contributed by atoms with Crippen LogP contribution in [0.1, 0.15) is 12.0 Å². The average Bonchev–Trinajstić information content (AvgIpc) is 2.78. The van der Waals surface area contributed by atoms with E-state index in [1.807, 2.05) is 0 Å². The van der Waals surface area contributed by atoms with Crippen molar-refractivity contribution >= 4 is 46.3 Å². The second-order valence-electron chi connectivity index (χ2n) is 4.54. The van der Waals surface area contributed by atoms with E-state index in [2.05, 4.69) is 5.92 Å². The highest BCUT2D eigenvalue weighted by atomic mass is 32.2. The first kappa shape index (κ1) is 17.1. The summed E-state index contributed by atoms with van der Waals surface area (Å²) in [5.41, 5.74) is 0.816. The molecule has 1 saturated heterocycles. The van der Waals surface area contributed by atoms with Crippen LogP contribution < -0.4 is 4.74 Å². The van der Waals surface area contributed by atoms with Gasteiger partial charge in [-0.1, -0.05) is 42.0 Å². The number of carboxylic acid groups (broad SMARTS) is 1. The highest BCUT2D eigenvalue weighted by Crippen LogP contribution is 2.32. The molecule has 1 heterocycles. The van der Waals surface area contributed by atoms with E-state index in [9.17, 15) is 9.59 Å². The SMILES string of the molecule is C#CCOc1ccc(C=C2SC(=S)N(CCC(=O)O)C2=O)cc1. The zero-order valence-electron chi connectivity index (χ0n) is 12.0. The van der Waals surface area contributed by atoms with E-state index < -0.39 is 5.97 Å². The molecular formula is C16H13NO4S2. The van der Waals surface area contributed by atoms with Crippen molar-refractivity contribution in [2.75, 3.05) is 13.2 Å². The van der Waals surface area contributed by atoms with Crippen molar-refractivity contribution in [3.63, 3.8) is 0 Å². The zero-order chi connectivity index (χ0) is 16.8. The van der Waals surface area contributed by atoms with Gasteiger partial charge in [0.05, 0.1) is 11.3 Å². The van der Waals surface area contributed by atoms with Crippen molar-refractivity contribution in [1.82, 2.24) is 4.90 Å². The van der Waals surface area contributed by atoms with Gasteiger partial charge in [-0.05, 0) is 23.8 Å². The number of carboxylic acids is 1. The fourth-order valence-corrected chi connectivity index (χ4v) is 3.15. The molecule has 0 spiro atoms. The topological polar surface area (TPSA) is 66.8 Å². The van der Waals surface area contributed by atoms with Crippen molar-refractivity contribution in [3.8, 4) is 18.1 Å². The summed E-state index contributed by atoms with van der Waals surface area (Å²) in [6, 6.07) is 7.12. The summed E-state index contributed by atoms with van der Waals surface area (Å²) in [6.45, 7) is 0.276. The molecular weight excluding hydrogens is 334 g/mol. The molecule has 118 valence electrons. The number of amides is 1. The molecule has 1 aliphatic rings. The van der Waals surface area contributed by atoms with Crippen molar-refractivity contribution in [2.24, 2.45) is 0 Å². The minimum Gasteiger partial charge on any atom is -0.481 e. The molecule has 0 saturated carbocycles. The third-order valence-corrected chi connectivity index (χ3v) is 4.30. The molecule has 5 nitrogen and oxygen atoms in total. The monoisotopic (exact) mass is 347 g/mol. The first-order chi connectivity index (χ1) is 11.0. The maximum atomic E-state index is 12.3. The van der Waals surface area contributed by atoms with Crippen LogP contribution in [0.4, 0.5) is 0 Å². The maximum Gasteiger partial charge on any atom is 0.305 e. The number of nitrogens with zero attached hydrogens (tertiary/aromatic N) is 1. The first-order valence-corrected chi connectivity index (χ1v) is 7.87. The number of rotatable bonds is 6. The van der Waals surface area contributed by atoms with Crippen molar-refractivity contribution in [1.29, 1.82) is 0 Å². The predicted octanol–water partition coefficient (Wildman–Crippen LogP) is 2.37. The Balaban J connectivity index is 2.08. The third kappa shape index (κ3) is 4.58. The highest BCUT2D eigenvalue weighted by molar-refractivity contribution is 8.26. The molecule has 1 aliphatic heterocycles. The van der Waals surface area contributed by atoms with E-state index in [-0.39, 0.29) is 25.5 Å². The Morgan fingerprint density at radius 2 is 2.13 bits per heavy atom. The summed E-state index contributed by atoms with van der Waals surface area (Å²) in [7, 11) is 0. The summed E-state index contributed by atoms with van der Waals surface area (Å²) in [5.74, 6) is 1.79. The number of carbonyl (C=O) groups is 2. The van der Waals surface area contributed by atoms with Crippen LogP contribution in [0.25, 0.3) is 6.08 Å². The number of terminal acetylenes is 1. The smallest absolute Gasteiger partial charge is 0.305 e. The second-order valence-corrected chi connectivity index (χ2v) is 6.21.